The van der Waals surface area contributed by atoms with Crippen LogP contribution in [-0.2, 0) is 10.2 Å². The lowest BCUT2D eigenvalue weighted by Gasteiger charge is -2.35. The predicted molar refractivity (Wildman–Crippen MR) is 118 cm³/mol. The van der Waals surface area contributed by atoms with Crippen LogP contribution in [0.1, 0.15) is 58.6 Å². The highest BCUT2D eigenvalue weighted by Gasteiger charge is 2.34. The summed E-state index contributed by atoms with van der Waals surface area (Å²) in [5.41, 5.74) is 2.68. The number of aryl methyl sites for hydroxylation is 1. The summed E-state index contributed by atoms with van der Waals surface area (Å²) in [5, 5.41) is 16.4. The molecule has 1 fully saturated rings. The zero-order chi connectivity index (χ0) is 22.1. The molecule has 0 bridgehead atoms. The first-order valence-electron chi connectivity index (χ1n) is 10.4. The van der Waals surface area contributed by atoms with Gasteiger partial charge in [0.25, 0.3) is 0 Å². The molecular formula is C22H32N6O2. The van der Waals surface area contributed by atoms with Crippen molar-refractivity contribution in [1.82, 2.24) is 20.4 Å². The molecular weight excluding hydrogens is 380 g/mol. The number of nitrogens with zero attached hydrogens (tertiary/aromatic N) is 2. The summed E-state index contributed by atoms with van der Waals surface area (Å²) in [6.07, 6.45) is 0.234. The highest BCUT2D eigenvalue weighted by molar-refractivity contribution is 5.99. The number of carbonyl (C=O) groups excluding carboxylic acids is 2. The number of hydrogen-bond donors (Lipinski definition) is 4. The first-order valence-corrected chi connectivity index (χ1v) is 10.4. The Balaban J connectivity index is 1.70. The Bertz CT molecular complexity index is 913. The molecule has 1 aromatic carbocycles. The first-order chi connectivity index (χ1) is 14.1. The predicted octanol–water partition coefficient (Wildman–Crippen LogP) is 3.72. The van der Waals surface area contributed by atoms with Crippen molar-refractivity contribution in [3.8, 4) is 0 Å². The molecule has 8 nitrogen and oxygen atoms in total. The molecule has 3 unspecified atom stereocenters. The van der Waals surface area contributed by atoms with E-state index in [9.17, 15) is 9.59 Å². The Morgan fingerprint density at radius 3 is 2.43 bits per heavy atom. The molecule has 0 saturated carbocycles. The second kappa shape index (κ2) is 8.47. The van der Waals surface area contributed by atoms with Crippen molar-refractivity contribution >= 4 is 23.4 Å². The molecule has 1 aliphatic heterocycles. The monoisotopic (exact) mass is 412 g/mol. The summed E-state index contributed by atoms with van der Waals surface area (Å²) in [6.45, 7) is 12.3. The third kappa shape index (κ3) is 4.81. The van der Waals surface area contributed by atoms with Crippen molar-refractivity contribution < 1.29 is 9.59 Å². The summed E-state index contributed by atoms with van der Waals surface area (Å²) < 4.78 is 1.60. The average molecular weight is 413 g/mol. The number of benzene rings is 1. The van der Waals surface area contributed by atoms with Crippen molar-refractivity contribution in [3.63, 3.8) is 0 Å². The van der Waals surface area contributed by atoms with Gasteiger partial charge in [-0.2, -0.15) is 5.10 Å². The maximum atomic E-state index is 12.6. The second-order valence-corrected chi connectivity index (χ2v) is 8.90. The number of carbonyl (C=O) groups is 2. The van der Waals surface area contributed by atoms with E-state index in [1.54, 1.807) is 10.7 Å². The van der Waals surface area contributed by atoms with Crippen molar-refractivity contribution in [3.05, 3.63) is 41.6 Å². The number of nitrogens with one attached hydrogen (secondary N) is 4. The molecule has 3 amide bonds. The summed E-state index contributed by atoms with van der Waals surface area (Å²) in [6, 6.07) is 9.19. The summed E-state index contributed by atoms with van der Waals surface area (Å²) >= 11 is 0. The van der Waals surface area contributed by atoms with Crippen molar-refractivity contribution in [2.45, 2.75) is 65.7 Å². The van der Waals surface area contributed by atoms with E-state index in [1.807, 2.05) is 45.0 Å². The van der Waals surface area contributed by atoms with Gasteiger partial charge in [0.1, 0.15) is 5.82 Å². The average Bonchev–Trinajstić information content (AvgIpc) is 3.01. The van der Waals surface area contributed by atoms with E-state index in [4.69, 9.17) is 0 Å². The summed E-state index contributed by atoms with van der Waals surface area (Å²) in [5.74, 6) is 0.390. The molecule has 2 aromatic rings. The Morgan fingerprint density at radius 2 is 1.87 bits per heavy atom. The highest BCUT2D eigenvalue weighted by Crippen LogP contribution is 2.24. The Kier molecular flexibility index (Phi) is 6.17. The number of hydrogen-bond acceptors (Lipinski definition) is 4. The number of urea groups is 1. The molecule has 0 spiro atoms. The molecule has 162 valence electrons. The van der Waals surface area contributed by atoms with Crippen LogP contribution in [0, 0.1) is 12.8 Å². The summed E-state index contributed by atoms with van der Waals surface area (Å²) in [4.78, 5) is 25.0. The molecule has 30 heavy (non-hydrogen) atoms. The van der Waals surface area contributed by atoms with Gasteiger partial charge >= 0.3 is 6.03 Å². The molecule has 0 radical (unpaired) electrons. The van der Waals surface area contributed by atoms with Crippen LogP contribution in [-0.4, -0.2) is 27.8 Å². The minimum Gasteiger partial charge on any atom is -0.322 e. The molecule has 1 aliphatic rings. The number of amides is 3. The molecule has 4 N–H and O–H groups in total. The quantitative estimate of drug-likeness (QED) is 0.615. The lowest BCUT2D eigenvalue weighted by Crippen LogP contribution is -2.57. The third-order valence-electron chi connectivity index (χ3n) is 5.43. The maximum absolute atomic E-state index is 12.6. The Morgan fingerprint density at radius 1 is 1.20 bits per heavy atom. The SMILES string of the molecule is CCC1C(=O)NC(n2nc(C)cc2NC(=O)Nc2ccc(C(C)(C)C)cc2)NC1C. The van der Waals surface area contributed by atoms with Crippen LogP contribution in [0.15, 0.2) is 30.3 Å². The maximum Gasteiger partial charge on any atom is 0.324 e. The molecule has 2 heterocycles. The zero-order valence-corrected chi connectivity index (χ0v) is 18.5. The van der Waals surface area contributed by atoms with Gasteiger partial charge in [-0.3, -0.25) is 15.4 Å². The van der Waals surface area contributed by atoms with Gasteiger partial charge in [0.15, 0.2) is 6.29 Å². The molecule has 8 heteroatoms. The number of rotatable bonds is 4. The van der Waals surface area contributed by atoms with Gasteiger partial charge in [-0.15, -0.1) is 0 Å². The van der Waals surface area contributed by atoms with Crippen molar-refractivity contribution in [1.29, 1.82) is 0 Å². The second-order valence-electron chi connectivity index (χ2n) is 8.90. The lowest BCUT2D eigenvalue weighted by molar-refractivity contribution is -0.130. The Labute approximate surface area is 177 Å². The van der Waals surface area contributed by atoms with E-state index in [2.05, 4.69) is 47.1 Å². The largest absolute Gasteiger partial charge is 0.324 e. The van der Waals surface area contributed by atoms with E-state index < -0.39 is 6.29 Å². The van der Waals surface area contributed by atoms with Gasteiger partial charge in [0.2, 0.25) is 5.91 Å². The van der Waals surface area contributed by atoms with E-state index >= 15 is 0 Å². The normalized spacial score (nSPS) is 21.8. The van der Waals surface area contributed by atoms with Gasteiger partial charge < -0.3 is 10.6 Å². The van der Waals surface area contributed by atoms with Gasteiger partial charge in [-0.25, -0.2) is 9.48 Å². The molecule has 1 aromatic heterocycles. The van der Waals surface area contributed by atoms with Crippen LogP contribution < -0.4 is 21.3 Å². The van der Waals surface area contributed by atoms with E-state index in [0.717, 1.165) is 12.1 Å². The molecule has 1 saturated heterocycles. The minimum absolute atomic E-state index is 0.00117. The minimum atomic E-state index is -0.523. The van der Waals surface area contributed by atoms with Crippen LogP contribution in [0.5, 0.6) is 0 Å². The number of aromatic nitrogens is 2. The number of anilines is 2. The summed E-state index contributed by atoms with van der Waals surface area (Å²) in [7, 11) is 0. The van der Waals surface area contributed by atoms with Crippen molar-refractivity contribution in [2.75, 3.05) is 10.6 Å². The fraction of sp³-hybridized carbons (Fsp3) is 0.500. The van der Waals surface area contributed by atoms with E-state index in [1.165, 1.54) is 5.56 Å². The Hall–Kier alpha value is -2.87. The standard InChI is InChI=1S/C22H32N6O2/c1-7-17-14(3)23-20(26-19(17)29)28-18(12-13(2)27-28)25-21(30)24-16-10-8-15(9-11-16)22(4,5)6/h8-12,14,17,20,23H,7H2,1-6H3,(H,26,29)(H2,24,25,30). The van der Waals surface area contributed by atoms with Gasteiger partial charge in [0, 0.05) is 17.8 Å². The van der Waals surface area contributed by atoms with E-state index in [0.29, 0.717) is 11.5 Å². The van der Waals surface area contributed by atoms with E-state index in [-0.39, 0.29) is 29.3 Å². The zero-order valence-electron chi connectivity index (χ0n) is 18.5. The molecule has 0 aliphatic carbocycles. The van der Waals surface area contributed by atoms with Crippen LogP contribution in [0.3, 0.4) is 0 Å². The topological polar surface area (TPSA) is 100 Å². The van der Waals surface area contributed by atoms with Gasteiger partial charge in [-0.05, 0) is 43.4 Å². The molecule has 3 atom stereocenters. The van der Waals surface area contributed by atoms with Gasteiger partial charge in [0.05, 0.1) is 11.6 Å². The fourth-order valence-corrected chi connectivity index (χ4v) is 3.69. The van der Waals surface area contributed by atoms with Crippen molar-refractivity contribution in [2.24, 2.45) is 5.92 Å². The fourth-order valence-electron chi connectivity index (χ4n) is 3.69. The third-order valence-corrected chi connectivity index (χ3v) is 5.43. The van der Waals surface area contributed by atoms with Crippen LogP contribution in [0.4, 0.5) is 16.3 Å². The smallest absolute Gasteiger partial charge is 0.322 e. The van der Waals surface area contributed by atoms with Crippen LogP contribution >= 0.6 is 0 Å². The van der Waals surface area contributed by atoms with Gasteiger partial charge in [-0.1, -0.05) is 39.8 Å². The highest BCUT2D eigenvalue weighted by atomic mass is 16.2. The first kappa shape index (κ1) is 21.8. The lowest BCUT2D eigenvalue weighted by atomic mass is 9.87. The van der Waals surface area contributed by atoms with Crippen LogP contribution in [0.2, 0.25) is 0 Å². The van der Waals surface area contributed by atoms with Crippen LogP contribution in [0.25, 0.3) is 0 Å². The molecule has 3 rings (SSSR count).